The number of aliphatic carboxylic acids is 1. The Morgan fingerprint density at radius 1 is 1.07 bits per heavy atom. The lowest BCUT2D eigenvalue weighted by atomic mass is 9.96. The summed E-state index contributed by atoms with van der Waals surface area (Å²) in [5, 5.41) is 11.4. The molecular formula is C35H34ClNO2S. The van der Waals surface area contributed by atoms with Crippen molar-refractivity contribution in [2.24, 2.45) is 5.41 Å². The number of fused-ring (bicyclic) bond motifs is 1. The lowest BCUT2D eigenvalue weighted by Crippen LogP contribution is -2.12. The van der Waals surface area contributed by atoms with Crippen LogP contribution in [0.2, 0.25) is 5.02 Å². The van der Waals surface area contributed by atoms with Crippen molar-refractivity contribution < 1.29 is 9.90 Å². The van der Waals surface area contributed by atoms with Crippen molar-refractivity contribution in [3.8, 4) is 0 Å². The molecule has 0 radical (unpaired) electrons. The van der Waals surface area contributed by atoms with Gasteiger partial charge in [-0.2, -0.15) is 11.8 Å². The molecule has 1 saturated carbocycles. The van der Waals surface area contributed by atoms with Crippen molar-refractivity contribution in [3.63, 3.8) is 0 Å². The number of pyridine rings is 1. The highest BCUT2D eigenvalue weighted by atomic mass is 35.5. The number of thioether (sulfide) groups is 1. The SMILES string of the molecule is C=C(C)c1ccccc1CC[C@H](SCC1(CC(=O)O)CC1)c1cccc(/C=C/c2ccc3ccc(Cl)cc3n2)c1. The molecule has 0 bridgehead atoms. The van der Waals surface area contributed by atoms with E-state index in [1.165, 1.54) is 16.7 Å². The minimum atomic E-state index is -0.693. The molecule has 0 saturated heterocycles. The molecule has 1 N–H and O–H groups in total. The molecule has 3 aromatic carbocycles. The molecule has 0 aliphatic heterocycles. The Hall–Kier alpha value is -3.34. The normalized spacial score (nSPS) is 14.8. The fourth-order valence-electron chi connectivity index (χ4n) is 5.18. The van der Waals surface area contributed by atoms with Crippen molar-refractivity contribution in [3.05, 3.63) is 118 Å². The van der Waals surface area contributed by atoms with E-state index in [2.05, 4.69) is 74.2 Å². The van der Waals surface area contributed by atoms with E-state index in [1.807, 2.05) is 42.1 Å². The van der Waals surface area contributed by atoms with Crippen LogP contribution in [0.25, 0.3) is 28.6 Å². The summed E-state index contributed by atoms with van der Waals surface area (Å²) in [4.78, 5) is 16.2. The maximum Gasteiger partial charge on any atom is 0.303 e. The Balaban J connectivity index is 1.36. The van der Waals surface area contributed by atoms with E-state index in [4.69, 9.17) is 16.6 Å². The van der Waals surface area contributed by atoms with Gasteiger partial charge in [0.15, 0.2) is 0 Å². The fourth-order valence-corrected chi connectivity index (χ4v) is 6.91. The third-order valence-corrected chi connectivity index (χ3v) is 9.56. The first kappa shape index (κ1) is 28.2. The third kappa shape index (κ3) is 7.24. The van der Waals surface area contributed by atoms with E-state index in [0.717, 1.165) is 59.2 Å². The molecule has 1 aromatic heterocycles. The van der Waals surface area contributed by atoms with Gasteiger partial charge >= 0.3 is 5.97 Å². The average molecular weight is 568 g/mol. The van der Waals surface area contributed by atoms with Crippen molar-refractivity contribution >= 4 is 58.0 Å². The van der Waals surface area contributed by atoms with Gasteiger partial charge in [0.2, 0.25) is 0 Å². The van der Waals surface area contributed by atoms with Crippen LogP contribution in [0, 0.1) is 5.41 Å². The molecule has 1 fully saturated rings. The number of nitrogens with zero attached hydrogens (tertiary/aromatic N) is 1. The molecule has 5 rings (SSSR count). The van der Waals surface area contributed by atoms with Gasteiger partial charge in [-0.3, -0.25) is 4.79 Å². The van der Waals surface area contributed by atoms with Crippen LogP contribution >= 0.6 is 23.4 Å². The Kier molecular flexibility index (Phi) is 8.78. The smallest absolute Gasteiger partial charge is 0.303 e. The molecule has 1 aliphatic rings. The van der Waals surface area contributed by atoms with Gasteiger partial charge in [-0.25, -0.2) is 4.98 Å². The van der Waals surface area contributed by atoms with Crippen LogP contribution < -0.4 is 0 Å². The zero-order chi connectivity index (χ0) is 28.1. The molecule has 4 aromatic rings. The predicted octanol–water partition coefficient (Wildman–Crippen LogP) is 9.75. The van der Waals surface area contributed by atoms with Gasteiger partial charge in [0.25, 0.3) is 0 Å². The van der Waals surface area contributed by atoms with E-state index in [0.29, 0.717) is 5.02 Å². The van der Waals surface area contributed by atoms with Gasteiger partial charge in [0.05, 0.1) is 17.6 Å². The number of halogens is 1. The van der Waals surface area contributed by atoms with E-state index in [9.17, 15) is 9.90 Å². The summed E-state index contributed by atoms with van der Waals surface area (Å²) in [7, 11) is 0. The third-order valence-electron chi connectivity index (χ3n) is 7.63. The van der Waals surface area contributed by atoms with Crippen LogP contribution in [0.5, 0.6) is 0 Å². The topological polar surface area (TPSA) is 50.2 Å². The first-order valence-corrected chi connectivity index (χ1v) is 15.1. The van der Waals surface area contributed by atoms with Crippen molar-refractivity contribution in [1.82, 2.24) is 4.98 Å². The Morgan fingerprint density at radius 2 is 1.88 bits per heavy atom. The van der Waals surface area contributed by atoms with E-state index < -0.39 is 5.97 Å². The second kappa shape index (κ2) is 12.4. The number of carboxylic acid groups (broad SMARTS) is 1. The summed E-state index contributed by atoms with van der Waals surface area (Å²) >= 11 is 8.08. The molecule has 0 spiro atoms. The summed E-state index contributed by atoms with van der Waals surface area (Å²) in [6, 6.07) is 27.0. The number of carboxylic acids is 1. The number of aromatic nitrogens is 1. The maximum atomic E-state index is 11.5. The maximum absolute atomic E-state index is 11.5. The molecular weight excluding hydrogens is 534 g/mol. The quantitative estimate of drug-likeness (QED) is 0.185. The molecule has 5 heteroatoms. The average Bonchev–Trinajstić information content (AvgIpc) is 3.70. The minimum absolute atomic E-state index is 0.0491. The Morgan fingerprint density at radius 3 is 2.65 bits per heavy atom. The second-order valence-electron chi connectivity index (χ2n) is 10.9. The van der Waals surface area contributed by atoms with Gasteiger partial charge in [-0.1, -0.05) is 90.5 Å². The zero-order valence-electron chi connectivity index (χ0n) is 22.8. The van der Waals surface area contributed by atoms with Crippen LogP contribution in [0.1, 0.15) is 65.8 Å². The zero-order valence-corrected chi connectivity index (χ0v) is 24.3. The Labute approximate surface area is 246 Å². The van der Waals surface area contributed by atoms with Crippen LogP contribution in [-0.4, -0.2) is 21.8 Å². The highest BCUT2D eigenvalue weighted by molar-refractivity contribution is 7.99. The summed E-state index contributed by atoms with van der Waals surface area (Å²) in [5.74, 6) is 0.178. The lowest BCUT2D eigenvalue weighted by Gasteiger charge is -2.21. The highest BCUT2D eigenvalue weighted by Gasteiger charge is 2.44. The predicted molar refractivity (Wildman–Crippen MR) is 171 cm³/mol. The van der Waals surface area contributed by atoms with Gasteiger partial charge in [0.1, 0.15) is 0 Å². The first-order chi connectivity index (χ1) is 19.3. The number of carbonyl (C=O) groups is 1. The first-order valence-electron chi connectivity index (χ1n) is 13.7. The lowest BCUT2D eigenvalue weighted by molar-refractivity contribution is -0.138. The summed E-state index contributed by atoms with van der Waals surface area (Å²) in [6.45, 7) is 6.23. The molecule has 0 unspecified atom stereocenters. The van der Waals surface area contributed by atoms with Gasteiger partial charge in [0, 0.05) is 21.4 Å². The molecule has 40 heavy (non-hydrogen) atoms. The van der Waals surface area contributed by atoms with Gasteiger partial charge < -0.3 is 5.11 Å². The van der Waals surface area contributed by atoms with E-state index >= 15 is 0 Å². The number of benzene rings is 3. The van der Waals surface area contributed by atoms with Crippen molar-refractivity contribution in [2.45, 2.75) is 44.3 Å². The van der Waals surface area contributed by atoms with Crippen LogP contribution in [-0.2, 0) is 11.2 Å². The van der Waals surface area contributed by atoms with Gasteiger partial charge in [-0.05, 0) is 84.6 Å². The number of hydrogen-bond donors (Lipinski definition) is 1. The summed E-state index contributed by atoms with van der Waals surface area (Å²) in [6.07, 6.45) is 8.32. The molecule has 1 heterocycles. The number of rotatable bonds is 12. The van der Waals surface area contributed by atoms with Gasteiger partial charge in [-0.15, -0.1) is 0 Å². The van der Waals surface area contributed by atoms with Crippen LogP contribution in [0.3, 0.4) is 0 Å². The van der Waals surface area contributed by atoms with E-state index in [1.54, 1.807) is 0 Å². The summed E-state index contributed by atoms with van der Waals surface area (Å²) < 4.78 is 0. The molecule has 0 amide bonds. The van der Waals surface area contributed by atoms with Crippen molar-refractivity contribution in [2.75, 3.05) is 5.75 Å². The van der Waals surface area contributed by atoms with Crippen molar-refractivity contribution in [1.29, 1.82) is 0 Å². The minimum Gasteiger partial charge on any atom is -0.481 e. The molecule has 1 aliphatic carbocycles. The summed E-state index contributed by atoms with van der Waals surface area (Å²) in [5.41, 5.74) is 7.70. The standard InChI is InChI=1S/C35H34ClNO2S/c1-24(2)31-9-4-3-7-26(31)13-17-33(40-23-35(18-19-35)22-34(38)39)28-8-5-6-25(20-28)10-15-30-16-12-27-11-14-29(36)21-32(27)37-30/h3-12,14-16,20-21,33H,1,13,17-19,22-23H2,2H3,(H,38,39)/b15-10+/t33-/m0/s1. The van der Waals surface area contributed by atoms with Crippen LogP contribution in [0.4, 0.5) is 0 Å². The molecule has 204 valence electrons. The monoisotopic (exact) mass is 567 g/mol. The highest BCUT2D eigenvalue weighted by Crippen LogP contribution is 2.53. The Bertz CT molecular complexity index is 1570. The molecule has 3 nitrogen and oxygen atoms in total. The number of allylic oxidation sites excluding steroid dienone is 1. The largest absolute Gasteiger partial charge is 0.481 e. The number of hydrogen-bond acceptors (Lipinski definition) is 3. The number of aryl methyl sites for hydroxylation is 1. The second-order valence-corrected chi connectivity index (χ2v) is 12.6. The fraction of sp³-hybridized carbons (Fsp3) is 0.257. The van der Waals surface area contributed by atoms with Crippen LogP contribution in [0.15, 0.2) is 85.4 Å². The van der Waals surface area contributed by atoms with E-state index in [-0.39, 0.29) is 17.1 Å². The molecule has 1 atom stereocenters.